The van der Waals surface area contributed by atoms with Crippen LogP contribution >= 0.6 is 0 Å². The van der Waals surface area contributed by atoms with Crippen LogP contribution in [0.4, 0.5) is 0 Å². The molecule has 0 aromatic carbocycles. The number of carbonyl (C=O) groups excluding carboxylic acids is 10. The summed E-state index contributed by atoms with van der Waals surface area (Å²) in [6.45, 7) is 6.24. The zero-order chi connectivity index (χ0) is 42.4. The fourth-order valence-electron chi connectivity index (χ4n) is 6.10. The predicted octanol–water partition coefficient (Wildman–Crippen LogP) is -1.67. The van der Waals surface area contributed by atoms with Crippen LogP contribution in [-0.4, -0.2) is 152 Å². The summed E-state index contributed by atoms with van der Waals surface area (Å²) in [6.07, 6.45) is -15.5. The van der Waals surface area contributed by atoms with Crippen molar-refractivity contribution in [3.8, 4) is 0 Å². The van der Waals surface area contributed by atoms with Crippen molar-refractivity contribution < 1.29 is 95.3 Å². The average Bonchev–Trinajstić information content (AvgIpc) is 3.04. The molecule has 22 nitrogen and oxygen atoms in total. The first-order valence-corrected chi connectivity index (χ1v) is 17.3. The largest absolute Gasteiger partial charge is 0.463 e. The van der Waals surface area contributed by atoms with E-state index >= 15 is 0 Å². The minimum atomic E-state index is -1.59. The maximum Gasteiger partial charge on any atom is 0.303 e. The first-order chi connectivity index (χ1) is 26.1. The minimum Gasteiger partial charge on any atom is -0.463 e. The highest BCUT2D eigenvalue weighted by Gasteiger charge is 2.54. The molecule has 0 bridgehead atoms. The van der Waals surface area contributed by atoms with Crippen molar-refractivity contribution in [2.75, 3.05) is 26.3 Å². The Morgan fingerprint density at radius 3 is 1.12 bits per heavy atom. The van der Waals surface area contributed by atoms with Crippen molar-refractivity contribution in [1.82, 2.24) is 4.90 Å². The van der Waals surface area contributed by atoms with Gasteiger partial charge in [0.1, 0.15) is 37.6 Å². The number of primary amides is 1. The zero-order valence-corrected chi connectivity index (χ0v) is 32.2. The number of amides is 2. The lowest BCUT2D eigenvalue weighted by Crippen LogP contribution is -2.63. The van der Waals surface area contributed by atoms with Gasteiger partial charge in [-0.15, -0.1) is 0 Å². The summed E-state index contributed by atoms with van der Waals surface area (Å²) < 4.78 is 54.7. The summed E-state index contributed by atoms with van der Waals surface area (Å²) in [5, 5.41) is 0. The molecule has 0 spiro atoms. The van der Waals surface area contributed by atoms with Gasteiger partial charge in [0, 0.05) is 61.9 Å². The maximum atomic E-state index is 14.0. The number of esters is 8. The summed E-state index contributed by atoms with van der Waals surface area (Å²) in [5.74, 6) is -8.60. The van der Waals surface area contributed by atoms with Gasteiger partial charge in [0.05, 0.1) is 13.0 Å². The van der Waals surface area contributed by atoms with E-state index in [2.05, 4.69) is 0 Å². The third kappa shape index (κ3) is 15.0. The third-order valence-corrected chi connectivity index (χ3v) is 7.93. The number of nitrogens with zero attached hydrogens (tertiary/aromatic N) is 1. The van der Waals surface area contributed by atoms with Gasteiger partial charge in [-0.3, -0.25) is 47.9 Å². The summed E-state index contributed by atoms with van der Waals surface area (Å²) in [4.78, 5) is 124. The molecule has 2 aliphatic heterocycles. The Bertz CT molecular complexity index is 1500. The van der Waals surface area contributed by atoms with Gasteiger partial charge < -0.3 is 58.0 Å². The Kier molecular flexibility index (Phi) is 18.1. The molecule has 2 saturated heterocycles. The van der Waals surface area contributed by atoms with Crippen LogP contribution in [0.25, 0.3) is 0 Å². The van der Waals surface area contributed by atoms with E-state index in [1.165, 1.54) is 0 Å². The van der Waals surface area contributed by atoms with Crippen molar-refractivity contribution in [3.05, 3.63) is 0 Å². The number of hydrogen-bond acceptors (Lipinski definition) is 20. The van der Waals surface area contributed by atoms with Crippen LogP contribution in [-0.2, 0) is 95.3 Å². The quantitative estimate of drug-likeness (QED) is 0.127. The number of ether oxygens (including phenoxy) is 10. The molecular weight excluding hydrogens is 756 g/mol. The molecule has 2 fully saturated rings. The second-order valence-corrected chi connectivity index (χ2v) is 12.7. The maximum absolute atomic E-state index is 14.0. The lowest BCUT2D eigenvalue weighted by atomic mass is 9.91. The van der Waals surface area contributed by atoms with Crippen molar-refractivity contribution in [2.45, 2.75) is 129 Å². The molecular formula is C34H48N2O20. The van der Waals surface area contributed by atoms with Crippen LogP contribution < -0.4 is 5.73 Å². The van der Waals surface area contributed by atoms with Crippen LogP contribution in [0.5, 0.6) is 0 Å². The van der Waals surface area contributed by atoms with Crippen LogP contribution in [0.3, 0.4) is 0 Å². The first-order valence-electron chi connectivity index (χ1n) is 17.3. The van der Waals surface area contributed by atoms with Crippen LogP contribution in [0.15, 0.2) is 0 Å². The number of hydrogen-bond donors (Lipinski definition) is 1. The highest BCUT2D eigenvalue weighted by Crippen LogP contribution is 2.33. The van der Waals surface area contributed by atoms with E-state index < -0.39 is 147 Å². The fraction of sp³-hybridized carbons (Fsp3) is 0.706. The lowest BCUT2D eigenvalue weighted by molar-refractivity contribution is -0.254. The highest BCUT2D eigenvalue weighted by atomic mass is 16.7. The van der Waals surface area contributed by atoms with Gasteiger partial charge in [0.2, 0.25) is 11.8 Å². The second-order valence-electron chi connectivity index (χ2n) is 12.7. The molecule has 0 unspecified atom stereocenters. The normalized spacial score (nSPS) is 26.9. The van der Waals surface area contributed by atoms with Gasteiger partial charge in [-0.2, -0.15) is 0 Å². The van der Waals surface area contributed by atoms with Gasteiger partial charge in [0.25, 0.3) is 0 Å². The fourth-order valence-corrected chi connectivity index (χ4v) is 6.10. The monoisotopic (exact) mass is 804 g/mol. The van der Waals surface area contributed by atoms with Crippen molar-refractivity contribution in [1.29, 1.82) is 0 Å². The molecule has 0 saturated carbocycles. The van der Waals surface area contributed by atoms with Crippen molar-refractivity contribution in [2.24, 2.45) is 5.73 Å². The molecule has 2 rings (SSSR count). The van der Waals surface area contributed by atoms with Crippen LogP contribution in [0, 0.1) is 0 Å². The van der Waals surface area contributed by atoms with Crippen molar-refractivity contribution in [3.63, 3.8) is 0 Å². The third-order valence-electron chi connectivity index (χ3n) is 7.93. The van der Waals surface area contributed by atoms with Crippen LogP contribution in [0.1, 0.15) is 68.2 Å². The molecule has 0 aromatic rings. The van der Waals surface area contributed by atoms with Gasteiger partial charge in [0.15, 0.2) is 36.6 Å². The summed E-state index contributed by atoms with van der Waals surface area (Å²) >= 11 is 0. The van der Waals surface area contributed by atoms with E-state index in [9.17, 15) is 47.9 Å². The summed E-state index contributed by atoms with van der Waals surface area (Å²) in [5.41, 5.74) is 5.48. The Balaban J connectivity index is 2.54. The van der Waals surface area contributed by atoms with E-state index in [0.29, 0.717) is 0 Å². The number of carbonyl (C=O) groups is 10. The molecule has 0 aliphatic carbocycles. The molecule has 2 amide bonds. The van der Waals surface area contributed by atoms with Gasteiger partial charge in [-0.05, 0) is 6.42 Å². The first kappa shape index (κ1) is 46.8. The molecule has 22 heteroatoms. The van der Waals surface area contributed by atoms with Crippen LogP contribution in [0.2, 0.25) is 0 Å². The Labute approximate surface area is 321 Å². The van der Waals surface area contributed by atoms with Gasteiger partial charge in [-0.25, -0.2) is 0 Å². The Hall–Kier alpha value is -5.38. The standard InChI is InChI=1S/C34H48N2O20/c1-15(37)47-13-25-31(51-19(5)41)33(53-21(7)43)29(49-17(3)39)23(55-25)9-10-36(12-27(35)45)28(46)11-24-30(50-18(4)40)34(54-22(8)44)32(52-20(6)42)26(56-24)14-48-16(2)38/h23-26,29-34H,9-14H2,1-8H3,(H2,35,45)/t23-,24+,25-,26+,29+,30-,31+,32-,33-,34+/m0/s1. The van der Waals surface area contributed by atoms with E-state index in [4.69, 9.17) is 53.1 Å². The number of nitrogens with two attached hydrogens (primary N) is 1. The molecule has 314 valence electrons. The average molecular weight is 805 g/mol. The number of rotatable bonds is 17. The van der Waals surface area contributed by atoms with Gasteiger partial charge in [-0.1, -0.05) is 0 Å². The van der Waals surface area contributed by atoms with E-state index in [-0.39, 0.29) is 13.0 Å². The molecule has 2 N–H and O–H groups in total. The Morgan fingerprint density at radius 1 is 0.464 bits per heavy atom. The molecule has 2 aliphatic rings. The Morgan fingerprint density at radius 2 is 0.786 bits per heavy atom. The second kappa shape index (κ2) is 21.6. The van der Waals surface area contributed by atoms with Gasteiger partial charge >= 0.3 is 47.8 Å². The molecule has 56 heavy (non-hydrogen) atoms. The highest BCUT2D eigenvalue weighted by molar-refractivity contribution is 5.84. The molecule has 10 atom stereocenters. The predicted molar refractivity (Wildman–Crippen MR) is 179 cm³/mol. The zero-order valence-electron chi connectivity index (χ0n) is 32.2. The molecule has 0 radical (unpaired) electrons. The smallest absolute Gasteiger partial charge is 0.303 e. The van der Waals surface area contributed by atoms with E-state index in [1.807, 2.05) is 0 Å². The molecule has 0 aromatic heterocycles. The van der Waals surface area contributed by atoms with E-state index in [1.54, 1.807) is 0 Å². The summed E-state index contributed by atoms with van der Waals surface area (Å²) in [6, 6.07) is 0. The topological polar surface area (TPSA) is 292 Å². The van der Waals surface area contributed by atoms with Crippen molar-refractivity contribution >= 4 is 59.6 Å². The summed E-state index contributed by atoms with van der Waals surface area (Å²) in [7, 11) is 0. The SMILES string of the molecule is CC(=O)OC[C@@H]1O[C@@H](CCN(CC(N)=O)C(=O)C[C@H]2O[C@H](COC(C)=O)[C@H](OC(C)=O)[C@H](OC(C)=O)[C@H]2OC(C)=O)[C@@H](OC(C)=O)[C@H](OC(C)=O)[C@@H]1OC(C)=O. The minimum absolute atomic E-state index is 0.281. The lowest BCUT2D eigenvalue weighted by Gasteiger charge is -2.45. The molecule has 2 heterocycles. The van der Waals surface area contributed by atoms with E-state index in [0.717, 1.165) is 60.3 Å².